The van der Waals surface area contributed by atoms with Gasteiger partial charge in [-0.2, -0.15) is 0 Å². The summed E-state index contributed by atoms with van der Waals surface area (Å²) in [5, 5.41) is 3.47. The zero-order valence-electron chi connectivity index (χ0n) is 14.8. The minimum atomic E-state index is -0.195. The highest BCUT2D eigenvalue weighted by molar-refractivity contribution is 5.79. The summed E-state index contributed by atoms with van der Waals surface area (Å²) >= 11 is 0. The molecule has 1 aromatic carbocycles. The van der Waals surface area contributed by atoms with Gasteiger partial charge in [0.15, 0.2) is 5.96 Å². The second-order valence-electron chi connectivity index (χ2n) is 7.13. The molecule has 0 heterocycles. The predicted octanol–water partition coefficient (Wildman–Crippen LogP) is 2.71. The van der Waals surface area contributed by atoms with Crippen LogP contribution in [0.5, 0.6) is 0 Å². The van der Waals surface area contributed by atoms with Gasteiger partial charge >= 0.3 is 0 Å². The minimum Gasteiger partial charge on any atom is -0.355 e. The number of halogens is 1. The smallest absolute Gasteiger partial charge is 0.193 e. The molecule has 2 saturated carbocycles. The standard InChI is InChI=1S/C19H29FN4/c1-21-19(23(2)13-15-5-7-17(20)8-6-15)22-11-12-24(18-9-10-18)14-16-3-4-16/h5-8,16,18H,3-4,9-14H2,1-2H3,(H,21,22). The molecule has 0 radical (unpaired) electrons. The van der Waals surface area contributed by atoms with Crippen molar-refractivity contribution in [2.45, 2.75) is 38.3 Å². The van der Waals surface area contributed by atoms with Crippen molar-refractivity contribution >= 4 is 5.96 Å². The van der Waals surface area contributed by atoms with Crippen molar-refractivity contribution in [3.63, 3.8) is 0 Å². The lowest BCUT2D eigenvalue weighted by Crippen LogP contribution is -2.43. The maximum atomic E-state index is 13.0. The van der Waals surface area contributed by atoms with Crippen LogP contribution in [0.2, 0.25) is 0 Å². The van der Waals surface area contributed by atoms with Gasteiger partial charge in [0.25, 0.3) is 0 Å². The summed E-state index contributed by atoms with van der Waals surface area (Å²) in [6, 6.07) is 7.48. The molecule has 2 aliphatic rings. The molecular weight excluding hydrogens is 303 g/mol. The highest BCUT2D eigenvalue weighted by Crippen LogP contribution is 2.34. The first kappa shape index (κ1) is 17.2. The third-order valence-electron chi connectivity index (χ3n) is 4.84. The fraction of sp³-hybridized carbons (Fsp3) is 0.632. The molecule has 4 nitrogen and oxygen atoms in total. The van der Waals surface area contributed by atoms with Crippen molar-refractivity contribution < 1.29 is 4.39 Å². The van der Waals surface area contributed by atoms with Crippen LogP contribution in [0.4, 0.5) is 4.39 Å². The van der Waals surface area contributed by atoms with Gasteiger partial charge < -0.3 is 10.2 Å². The van der Waals surface area contributed by atoms with Crippen LogP contribution >= 0.6 is 0 Å². The summed E-state index contributed by atoms with van der Waals surface area (Å²) in [5.74, 6) is 1.65. The molecule has 2 fully saturated rings. The van der Waals surface area contributed by atoms with Gasteiger partial charge in [-0.1, -0.05) is 12.1 Å². The summed E-state index contributed by atoms with van der Waals surface area (Å²) in [6.45, 7) is 4.00. The summed E-state index contributed by atoms with van der Waals surface area (Å²) in [7, 11) is 3.83. The van der Waals surface area contributed by atoms with Gasteiger partial charge in [-0.25, -0.2) is 4.39 Å². The van der Waals surface area contributed by atoms with E-state index >= 15 is 0 Å². The lowest BCUT2D eigenvalue weighted by molar-refractivity contribution is 0.255. The molecule has 0 aliphatic heterocycles. The van der Waals surface area contributed by atoms with Crippen molar-refractivity contribution in [3.05, 3.63) is 35.6 Å². The number of guanidine groups is 1. The van der Waals surface area contributed by atoms with Crippen LogP contribution in [0.1, 0.15) is 31.2 Å². The second kappa shape index (κ2) is 7.97. The Hall–Kier alpha value is -1.62. The van der Waals surface area contributed by atoms with Gasteiger partial charge in [0.1, 0.15) is 5.82 Å². The van der Waals surface area contributed by atoms with E-state index in [9.17, 15) is 4.39 Å². The molecule has 0 amide bonds. The lowest BCUT2D eigenvalue weighted by atomic mass is 10.2. The summed E-state index contributed by atoms with van der Waals surface area (Å²) < 4.78 is 13.0. The van der Waals surface area contributed by atoms with Crippen LogP contribution in [0.25, 0.3) is 0 Å². The van der Waals surface area contributed by atoms with E-state index in [1.165, 1.54) is 44.4 Å². The van der Waals surface area contributed by atoms with Gasteiger partial charge in [0.05, 0.1) is 0 Å². The third-order valence-corrected chi connectivity index (χ3v) is 4.84. The molecule has 0 spiro atoms. The van der Waals surface area contributed by atoms with E-state index in [0.29, 0.717) is 6.54 Å². The quantitative estimate of drug-likeness (QED) is 0.587. The maximum Gasteiger partial charge on any atom is 0.193 e. The van der Waals surface area contributed by atoms with Crippen molar-refractivity contribution in [1.29, 1.82) is 0 Å². The molecule has 3 rings (SSSR count). The van der Waals surface area contributed by atoms with Crippen molar-refractivity contribution in [1.82, 2.24) is 15.1 Å². The summed E-state index contributed by atoms with van der Waals surface area (Å²) in [4.78, 5) is 9.10. The Morgan fingerprint density at radius 3 is 2.50 bits per heavy atom. The third kappa shape index (κ3) is 5.20. The van der Waals surface area contributed by atoms with Crippen LogP contribution < -0.4 is 5.32 Å². The van der Waals surface area contributed by atoms with E-state index in [0.717, 1.165) is 36.6 Å². The SMILES string of the molecule is CN=C(NCCN(CC1CC1)C1CC1)N(C)Cc1ccc(F)cc1. The van der Waals surface area contributed by atoms with Crippen molar-refractivity contribution in [3.8, 4) is 0 Å². The normalized spacial score (nSPS) is 18.1. The topological polar surface area (TPSA) is 30.9 Å². The first-order chi connectivity index (χ1) is 11.7. The van der Waals surface area contributed by atoms with E-state index in [1.807, 2.05) is 26.2 Å². The molecule has 0 aromatic heterocycles. The van der Waals surface area contributed by atoms with Gasteiger partial charge in [0, 0.05) is 46.3 Å². The van der Waals surface area contributed by atoms with Crippen molar-refractivity contribution in [2.24, 2.45) is 10.9 Å². The fourth-order valence-corrected chi connectivity index (χ4v) is 3.13. The molecule has 0 unspecified atom stereocenters. The second-order valence-corrected chi connectivity index (χ2v) is 7.13. The predicted molar refractivity (Wildman–Crippen MR) is 96.5 cm³/mol. The van der Waals surface area contributed by atoms with Crippen LogP contribution in [-0.2, 0) is 6.54 Å². The van der Waals surface area contributed by atoms with Crippen LogP contribution in [0, 0.1) is 11.7 Å². The molecule has 1 N–H and O–H groups in total. The number of hydrogen-bond donors (Lipinski definition) is 1. The molecule has 24 heavy (non-hydrogen) atoms. The van der Waals surface area contributed by atoms with Gasteiger partial charge in [0.2, 0.25) is 0 Å². The number of benzene rings is 1. The molecule has 0 atom stereocenters. The molecular formula is C19H29FN4. The maximum absolute atomic E-state index is 13.0. The molecule has 5 heteroatoms. The highest BCUT2D eigenvalue weighted by atomic mass is 19.1. The minimum absolute atomic E-state index is 0.195. The highest BCUT2D eigenvalue weighted by Gasteiger charge is 2.33. The average Bonchev–Trinajstić information content (AvgIpc) is 3.46. The van der Waals surface area contributed by atoms with Crippen LogP contribution in [-0.4, -0.2) is 55.5 Å². The Labute approximate surface area is 144 Å². The molecule has 0 bridgehead atoms. The first-order valence-electron chi connectivity index (χ1n) is 9.06. The number of nitrogens with zero attached hydrogens (tertiary/aromatic N) is 3. The largest absolute Gasteiger partial charge is 0.355 e. The van der Waals surface area contributed by atoms with E-state index in [1.54, 1.807) is 0 Å². The fourth-order valence-electron chi connectivity index (χ4n) is 3.13. The Morgan fingerprint density at radius 2 is 1.92 bits per heavy atom. The van der Waals surface area contributed by atoms with E-state index in [2.05, 4.69) is 20.1 Å². The number of aliphatic imine (C=N–C) groups is 1. The number of hydrogen-bond acceptors (Lipinski definition) is 2. The zero-order chi connectivity index (χ0) is 16.9. The van der Waals surface area contributed by atoms with E-state index in [4.69, 9.17) is 0 Å². The summed E-state index contributed by atoms with van der Waals surface area (Å²) in [6.07, 6.45) is 5.56. The summed E-state index contributed by atoms with van der Waals surface area (Å²) in [5.41, 5.74) is 1.08. The Balaban J connectivity index is 1.44. The molecule has 2 aliphatic carbocycles. The monoisotopic (exact) mass is 332 g/mol. The Morgan fingerprint density at radius 1 is 1.21 bits per heavy atom. The molecule has 132 valence electrons. The lowest BCUT2D eigenvalue weighted by Gasteiger charge is -2.25. The van der Waals surface area contributed by atoms with Crippen molar-refractivity contribution in [2.75, 3.05) is 33.7 Å². The molecule has 1 aromatic rings. The van der Waals surface area contributed by atoms with Crippen LogP contribution in [0.3, 0.4) is 0 Å². The van der Waals surface area contributed by atoms with E-state index < -0.39 is 0 Å². The first-order valence-corrected chi connectivity index (χ1v) is 9.06. The zero-order valence-corrected chi connectivity index (χ0v) is 14.8. The van der Waals surface area contributed by atoms with Crippen LogP contribution in [0.15, 0.2) is 29.3 Å². The van der Waals surface area contributed by atoms with Gasteiger partial charge in [-0.15, -0.1) is 0 Å². The van der Waals surface area contributed by atoms with E-state index in [-0.39, 0.29) is 5.82 Å². The number of nitrogens with one attached hydrogen (secondary N) is 1. The Bertz CT molecular complexity index is 549. The molecule has 0 saturated heterocycles. The van der Waals surface area contributed by atoms with Gasteiger partial charge in [-0.05, 0) is 49.3 Å². The average molecular weight is 332 g/mol. The number of rotatable bonds is 8. The Kier molecular flexibility index (Phi) is 5.72. The van der Waals surface area contributed by atoms with Gasteiger partial charge in [-0.3, -0.25) is 9.89 Å².